The maximum atomic E-state index is 13.0. The highest BCUT2D eigenvalue weighted by molar-refractivity contribution is 5.96. The fourth-order valence-electron chi connectivity index (χ4n) is 4.75. The van der Waals surface area contributed by atoms with Gasteiger partial charge in [-0.15, -0.1) is 12.4 Å². The van der Waals surface area contributed by atoms with Gasteiger partial charge in [-0.3, -0.25) is 9.59 Å². The van der Waals surface area contributed by atoms with Gasteiger partial charge in [0.2, 0.25) is 5.91 Å². The molecule has 2 aliphatic heterocycles. The summed E-state index contributed by atoms with van der Waals surface area (Å²) in [7, 11) is 3.73. The minimum Gasteiger partial charge on any atom is -0.497 e. The van der Waals surface area contributed by atoms with Crippen LogP contribution in [0.2, 0.25) is 0 Å². The zero-order valence-electron chi connectivity index (χ0n) is 20.1. The molecule has 0 radical (unpaired) electrons. The van der Waals surface area contributed by atoms with Gasteiger partial charge in [-0.2, -0.15) is 0 Å². The molecule has 2 heterocycles. The number of amides is 2. The Hall–Kier alpha value is -1.79. The second-order valence-corrected chi connectivity index (χ2v) is 8.73. The number of nitrogens with zero attached hydrogens (tertiary/aromatic N) is 3. The molecule has 2 aliphatic rings. The number of rotatable bonds is 7. The van der Waals surface area contributed by atoms with E-state index in [0.717, 1.165) is 44.2 Å². The van der Waals surface area contributed by atoms with Gasteiger partial charge in [-0.05, 0) is 88.3 Å². The first-order valence-electron chi connectivity index (χ1n) is 11.8. The van der Waals surface area contributed by atoms with Crippen LogP contribution in [-0.2, 0) is 4.79 Å². The number of halogens is 1. The fraction of sp³-hybridized carbons (Fsp3) is 0.667. The van der Waals surface area contributed by atoms with Crippen molar-refractivity contribution < 1.29 is 15.7 Å². The van der Waals surface area contributed by atoms with E-state index >= 15 is 0 Å². The van der Waals surface area contributed by atoms with Gasteiger partial charge in [0.25, 0.3) is 5.91 Å². The van der Waals surface area contributed by atoms with Crippen LogP contribution in [0, 0.1) is 11.8 Å². The number of benzene rings is 1. The minimum absolute atomic E-state index is 0. The average molecular weight is 453 g/mol. The van der Waals surface area contributed by atoms with E-state index in [1.807, 2.05) is 11.8 Å². The number of carbonyl (C=O) groups excluding carboxylic acids is 2. The highest BCUT2D eigenvalue weighted by Gasteiger charge is 2.31. The van der Waals surface area contributed by atoms with Crippen molar-refractivity contribution in [1.29, 1.82) is 0 Å². The first-order valence-corrected chi connectivity index (χ1v) is 11.3. The number of hydrogen-bond donors (Lipinski definition) is 0. The molecule has 3 rings (SSSR count). The Morgan fingerprint density at radius 1 is 1.10 bits per heavy atom. The van der Waals surface area contributed by atoms with Gasteiger partial charge in [0.1, 0.15) is 12.3 Å². The molecule has 0 spiro atoms. The van der Waals surface area contributed by atoms with Crippen LogP contribution in [0.1, 0.15) is 50.8 Å². The molecule has 0 N–H and O–H groups in total. The summed E-state index contributed by atoms with van der Waals surface area (Å²) < 4.78 is 13.3. The standard InChI is InChI=1S/C24H37N3O3.ClH/c1-4-13-27(24(29)21-5-7-22(30-3)8-6-21)18-23(28)26-16-11-20(12-17-26)19-9-14-25(2)15-10-19;/h5-8,19-20H,4,9-18H2,1-3H3;1H/i5D;. The lowest BCUT2D eigenvalue weighted by Gasteiger charge is -2.39. The zero-order chi connectivity index (χ0) is 22.4. The summed E-state index contributed by atoms with van der Waals surface area (Å²) in [6.45, 7) is 6.52. The van der Waals surface area contributed by atoms with Crippen LogP contribution < -0.4 is 4.74 Å². The molecule has 0 aromatic heterocycles. The molecule has 2 amide bonds. The third-order valence-corrected chi connectivity index (χ3v) is 6.68. The molecule has 6 nitrogen and oxygen atoms in total. The first kappa shape index (κ1) is 23.9. The Bertz CT molecular complexity index is 763. The number of hydrogen-bond acceptors (Lipinski definition) is 4. The van der Waals surface area contributed by atoms with Gasteiger partial charge in [0, 0.05) is 25.2 Å². The summed E-state index contributed by atoms with van der Waals surface area (Å²) in [5, 5.41) is 0. The molecule has 0 unspecified atom stereocenters. The summed E-state index contributed by atoms with van der Waals surface area (Å²) in [5.74, 6) is 1.81. The van der Waals surface area contributed by atoms with Crippen molar-refractivity contribution in [2.75, 3.05) is 53.4 Å². The number of methoxy groups -OCH3 is 1. The fourth-order valence-corrected chi connectivity index (χ4v) is 4.75. The third-order valence-electron chi connectivity index (χ3n) is 6.68. The van der Waals surface area contributed by atoms with Crippen molar-refractivity contribution in [1.82, 2.24) is 14.7 Å². The van der Waals surface area contributed by atoms with Crippen molar-refractivity contribution in [3.63, 3.8) is 0 Å². The SMILES string of the molecule is Cl.[2H]c1cc(OC)ccc1C(=O)N(CCC)CC(=O)N1CCC(C2CCN(C)CC2)CC1. The maximum absolute atomic E-state index is 13.0. The van der Waals surface area contributed by atoms with Crippen LogP contribution in [0.3, 0.4) is 0 Å². The summed E-state index contributed by atoms with van der Waals surface area (Å²) in [4.78, 5) is 32.0. The Morgan fingerprint density at radius 3 is 2.26 bits per heavy atom. The average Bonchev–Trinajstić information content (AvgIpc) is 2.78. The summed E-state index contributed by atoms with van der Waals surface area (Å²) in [6.07, 6.45) is 5.44. The molecule has 1 aromatic rings. The summed E-state index contributed by atoms with van der Waals surface area (Å²) in [5.41, 5.74) is 0.308. The van der Waals surface area contributed by atoms with E-state index in [2.05, 4.69) is 11.9 Å². The van der Waals surface area contributed by atoms with Gasteiger partial charge in [-0.1, -0.05) is 6.92 Å². The predicted octanol–water partition coefficient (Wildman–Crippen LogP) is 3.55. The molecule has 0 saturated carbocycles. The Morgan fingerprint density at radius 2 is 1.71 bits per heavy atom. The van der Waals surface area contributed by atoms with Gasteiger partial charge in [0.15, 0.2) is 0 Å². The van der Waals surface area contributed by atoms with E-state index in [1.54, 1.807) is 17.0 Å². The molecule has 7 heteroatoms. The van der Waals surface area contributed by atoms with Crippen molar-refractivity contribution >= 4 is 24.2 Å². The van der Waals surface area contributed by atoms with E-state index in [-0.39, 0.29) is 36.8 Å². The van der Waals surface area contributed by atoms with E-state index in [9.17, 15) is 9.59 Å². The first-order chi connectivity index (χ1) is 14.9. The lowest BCUT2D eigenvalue weighted by atomic mass is 9.79. The molecular weight excluding hydrogens is 414 g/mol. The normalized spacial score (nSPS) is 18.8. The predicted molar refractivity (Wildman–Crippen MR) is 126 cm³/mol. The molecule has 0 atom stereocenters. The van der Waals surface area contributed by atoms with Crippen LogP contribution >= 0.6 is 12.4 Å². The van der Waals surface area contributed by atoms with E-state index in [0.29, 0.717) is 17.9 Å². The molecule has 0 bridgehead atoms. The molecular formula is C24H38ClN3O3. The maximum Gasteiger partial charge on any atom is 0.254 e. The highest BCUT2D eigenvalue weighted by atomic mass is 35.5. The quantitative estimate of drug-likeness (QED) is 0.634. The van der Waals surface area contributed by atoms with Gasteiger partial charge >= 0.3 is 0 Å². The lowest BCUT2D eigenvalue weighted by molar-refractivity contribution is -0.133. The second kappa shape index (κ2) is 12.3. The number of ether oxygens (including phenoxy) is 1. The van der Waals surface area contributed by atoms with Gasteiger partial charge in [-0.25, -0.2) is 0 Å². The summed E-state index contributed by atoms with van der Waals surface area (Å²) in [6, 6.07) is 4.96. The van der Waals surface area contributed by atoms with Crippen LogP contribution in [-0.4, -0.2) is 79.9 Å². The highest BCUT2D eigenvalue weighted by Crippen LogP contribution is 2.32. The van der Waals surface area contributed by atoms with Gasteiger partial charge < -0.3 is 19.4 Å². The number of likely N-dealkylation sites (tertiary alicyclic amines) is 2. The van der Waals surface area contributed by atoms with Crippen LogP contribution in [0.25, 0.3) is 0 Å². The zero-order valence-corrected chi connectivity index (χ0v) is 20.0. The van der Waals surface area contributed by atoms with Crippen molar-refractivity contribution in [3.8, 4) is 5.75 Å². The van der Waals surface area contributed by atoms with Crippen LogP contribution in [0.4, 0.5) is 0 Å². The van der Waals surface area contributed by atoms with E-state index < -0.39 is 0 Å². The van der Waals surface area contributed by atoms with E-state index in [1.165, 1.54) is 39.1 Å². The molecule has 0 aliphatic carbocycles. The van der Waals surface area contributed by atoms with Crippen LogP contribution in [0.15, 0.2) is 24.2 Å². The Kier molecular flexibility index (Phi) is 9.47. The van der Waals surface area contributed by atoms with Gasteiger partial charge in [0.05, 0.1) is 8.48 Å². The summed E-state index contributed by atoms with van der Waals surface area (Å²) >= 11 is 0. The van der Waals surface area contributed by atoms with Crippen molar-refractivity contribution in [2.24, 2.45) is 11.8 Å². The molecule has 1 aromatic carbocycles. The van der Waals surface area contributed by atoms with Crippen molar-refractivity contribution in [2.45, 2.75) is 39.0 Å². The topological polar surface area (TPSA) is 53.1 Å². The van der Waals surface area contributed by atoms with Crippen LogP contribution in [0.5, 0.6) is 5.75 Å². The largest absolute Gasteiger partial charge is 0.497 e. The second-order valence-electron chi connectivity index (χ2n) is 8.73. The number of piperidine rings is 2. The minimum atomic E-state index is -0.260. The monoisotopic (exact) mass is 452 g/mol. The lowest BCUT2D eigenvalue weighted by Crippen LogP contribution is -2.47. The molecule has 31 heavy (non-hydrogen) atoms. The Labute approximate surface area is 194 Å². The molecule has 2 fully saturated rings. The molecule has 174 valence electrons. The third kappa shape index (κ3) is 6.84. The van der Waals surface area contributed by atoms with E-state index in [4.69, 9.17) is 6.11 Å². The smallest absolute Gasteiger partial charge is 0.254 e. The molecule has 2 saturated heterocycles. The van der Waals surface area contributed by atoms with Crippen molar-refractivity contribution in [3.05, 3.63) is 29.8 Å². The Balaban J connectivity index is 0.00000363. The number of carbonyl (C=O) groups is 2.